The van der Waals surface area contributed by atoms with Crippen molar-refractivity contribution in [3.05, 3.63) is 30.5 Å². The summed E-state index contributed by atoms with van der Waals surface area (Å²) in [7, 11) is 0. The Morgan fingerprint density at radius 2 is 2.10 bits per heavy atom. The lowest BCUT2D eigenvalue weighted by Gasteiger charge is -2.14. The van der Waals surface area contributed by atoms with Gasteiger partial charge in [0, 0.05) is 18.1 Å². The molecule has 1 aromatic carbocycles. The third-order valence-electron chi connectivity index (χ3n) is 3.43. The number of para-hydroxylation sites is 1. The summed E-state index contributed by atoms with van der Waals surface area (Å²) in [6, 6.07) is 7.45. The van der Waals surface area contributed by atoms with E-state index in [4.69, 9.17) is 5.11 Å². The summed E-state index contributed by atoms with van der Waals surface area (Å²) in [5, 5.41) is 15.7. The summed E-state index contributed by atoms with van der Waals surface area (Å²) in [5.74, 6) is 0. The summed E-state index contributed by atoms with van der Waals surface area (Å²) in [6.07, 6.45) is 2.63. The summed E-state index contributed by atoms with van der Waals surface area (Å²) in [4.78, 5) is 11.9. The molecule has 2 aromatic rings. The smallest absolute Gasteiger partial charge is 0.319 e. The number of nitrogens with one attached hydrogen (secondary N) is 2. The van der Waals surface area contributed by atoms with Gasteiger partial charge >= 0.3 is 6.03 Å². The van der Waals surface area contributed by atoms with Gasteiger partial charge in [0.25, 0.3) is 0 Å². The van der Waals surface area contributed by atoms with E-state index in [-0.39, 0.29) is 18.7 Å². The van der Waals surface area contributed by atoms with Crippen molar-refractivity contribution in [2.24, 2.45) is 0 Å². The minimum atomic E-state index is -0.287. The van der Waals surface area contributed by atoms with Crippen molar-refractivity contribution in [3.8, 4) is 0 Å². The number of hydrogen-bond donors (Lipinski definition) is 3. The van der Waals surface area contributed by atoms with Gasteiger partial charge in [-0.2, -0.15) is 0 Å². The lowest BCUT2D eigenvalue weighted by Crippen LogP contribution is -2.39. The first kappa shape index (κ1) is 14.4. The number of carbonyl (C=O) groups excluding carboxylic acids is 1. The van der Waals surface area contributed by atoms with Crippen molar-refractivity contribution >= 4 is 22.6 Å². The van der Waals surface area contributed by atoms with Crippen LogP contribution in [0.25, 0.3) is 10.9 Å². The van der Waals surface area contributed by atoms with E-state index in [1.165, 1.54) is 0 Å². The van der Waals surface area contributed by atoms with Crippen molar-refractivity contribution in [1.29, 1.82) is 0 Å². The van der Waals surface area contributed by atoms with Crippen LogP contribution < -0.4 is 10.6 Å². The van der Waals surface area contributed by atoms with Crippen LogP contribution in [0.5, 0.6) is 0 Å². The Morgan fingerprint density at radius 1 is 1.35 bits per heavy atom. The Hall–Kier alpha value is -2.01. The second-order valence-electron chi connectivity index (χ2n) is 4.73. The van der Waals surface area contributed by atoms with Gasteiger partial charge in [-0.05, 0) is 19.4 Å². The summed E-state index contributed by atoms with van der Waals surface area (Å²) >= 11 is 0. The van der Waals surface area contributed by atoms with Crippen LogP contribution in [0, 0.1) is 0 Å². The molecule has 108 valence electrons. The highest BCUT2D eigenvalue weighted by Crippen LogP contribution is 2.25. The average molecular weight is 275 g/mol. The molecule has 0 fully saturated rings. The van der Waals surface area contributed by atoms with Gasteiger partial charge in [0.2, 0.25) is 0 Å². The van der Waals surface area contributed by atoms with E-state index in [1.807, 2.05) is 37.4 Å². The van der Waals surface area contributed by atoms with Gasteiger partial charge in [0.05, 0.1) is 23.9 Å². The van der Waals surface area contributed by atoms with E-state index < -0.39 is 0 Å². The molecule has 5 heteroatoms. The molecule has 0 radical (unpaired) electrons. The Bertz CT molecular complexity index is 588. The van der Waals surface area contributed by atoms with Crippen LogP contribution in [-0.2, 0) is 6.54 Å². The van der Waals surface area contributed by atoms with Gasteiger partial charge in [0.15, 0.2) is 0 Å². The lowest BCUT2D eigenvalue weighted by atomic mass is 10.2. The first-order valence-electron chi connectivity index (χ1n) is 6.95. The fraction of sp³-hybridized carbons (Fsp3) is 0.400. The molecule has 1 atom stereocenters. The lowest BCUT2D eigenvalue weighted by molar-refractivity contribution is 0.222. The van der Waals surface area contributed by atoms with Gasteiger partial charge in [-0.3, -0.25) is 0 Å². The fourth-order valence-corrected chi connectivity index (χ4v) is 2.23. The number of urea groups is 1. The highest BCUT2D eigenvalue weighted by Gasteiger charge is 2.12. The first-order valence-corrected chi connectivity index (χ1v) is 6.95. The zero-order valence-electron chi connectivity index (χ0n) is 11.9. The molecule has 20 heavy (non-hydrogen) atoms. The minimum Gasteiger partial charge on any atom is -0.394 e. The maximum atomic E-state index is 11.9. The van der Waals surface area contributed by atoms with Crippen LogP contribution in [-0.4, -0.2) is 28.4 Å². The second-order valence-corrected chi connectivity index (χ2v) is 4.73. The number of carbonyl (C=O) groups is 1. The van der Waals surface area contributed by atoms with Crippen molar-refractivity contribution in [3.63, 3.8) is 0 Å². The van der Waals surface area contributed by atoms with Gasteiger partial charge in [-0.25, -0.2) is 4.79 Å². The van der Waals surface area contributed by atoms with Crippen LogP contribution in [0.2, 0.25) is 0 Å². The normalized spacial score (nSPS) is 12.3. The van der Waals surface area contributed by atoms with Crippen LogP contribution in [0.15, 0.2) is 30.5 Å². The molecule has 0 aliphatic heterocycles. The number of benzene rings is 1. The molecule has 0 aliphatic carbocycles. The molecule has 3 N–H and O–H groups in total. The molecule has 1 unspecified atom stereocenters. The molecule has 2 rings (SSSR count). The molecule has 0 aliphatic rings. The molecule has 0 saturated carbocycles. The molecular formula is C15H21N3O2. The van der Waals surface area contributed by atoms with Crippen molar-refractivity contribution in [2.75, 3.05) is 11.9 Å². The number of hydrogen-bond acceptors (Lipinski definition) is 2. The number of aliphatic hydroxyl groups is 1. The van der Waals surface area contributed by atoms with Gasteiger partial charge in [-0.15, -0.1) is 0 Å². The van der Waals surface area contributed by atoms with Crippen LogP contribution in [0.4, 0.5) is 10.5 Å². The Kier molecular flexibility index (Phi) is 4.63. The predicted molar refractivity (Wildman–Crippen MR) is 80.9 cm³/mol. The average Bonchev–Trinajstić information content (AvgIpc) is 2.83. The molecule has 1 aromatic heterocycles. The Balaban J connectivity index is 2.19. The first-order chi connectivity index (χ1) is 9.69. The number of aliphatic hydroxyl groups excluding tert-OH is 1. The molecule has 5 nitrogen and oxygen atoms in total. The summed E-state index contributed by atoms with van der Waals surface area (Å²) in [6.45, 7) is 4.78. The number of rotatable bonds is 5. The van der Waals surface area contributed by atoms with Gasteiger partial charge in [-0.1, -0.05) is 25.1 Å². The number of aromatic nitrogens is 1. The number of anilines is 1. The van der Waals surface area contributed by atoms with E-state index in [1.54, 1.807) is 0 Å². The second kappa shape index (κ2) is 6.43. The van der Waals surface area contributed by atoms with Gasteiger partial charge < -0.3 is 20.3 Å². The highest BCUT2D eigenvalue weighted by atomic mass is 16.3. The Labute approximate surface area is 118 Å². The van der Waals surface area contributed by atoms with Crippen molar-refractivity contribution in [1.82, 2.24) is 9.88 Å². The maximum Gasteiger partial charge on any atom is 0.319 e. The van der Waals surface area contributed by atoms with E-state index >= 15 is 0 Å². The molecule has 0 bridgehead atoms. The SMILES string of the molecule is CCC(CO)NC(=O)Nc1cn(CC)c2ccccc12. The number of nitrogens with zero attached hydrogens (tertiary/aromatic N) is 1. The molecule has 0 saturated heterocycles. The molecule has 0 spiro atoms. The van der Waals surface area contributed by atoms with Crippen molar-refractivity contribution in [2.45, 2.75) is 32.9 Å². The number of fused-ring (bicyclic) bond motifs is 1. The van der Waals surface area contributed by atoms with Gasteiger partial charge in [0.1, 0.15) is 0 Å². The topological polar surface area (TPSA) is 66.3 Å². The zero-order valence-corrected chi connectivity index (χ0v) is 11.9. The number of amides is 2. The maximum absolute atomic E-state index is 11.9. The quantitative estimate of drug-likeness (QED) is 0.785. The summed E-state index contributed by atoms with van der Waals surface area (Å²) < 4.78 is 2.09. The van der Waals surface area contributed by atoms with Crippen LogP contribution in [0.3, 0.4) is 0 Å². The third kappa shape index (κ3) is 2.93. The van der Waals surface area contributed by atoms with Crippen LogP contribution >= 0.6 is 0 Å². The molecule has 1 heterocycles. The fourth-order valence-electron chi connectivity index (χ4n) is 2.23. The largest absolute Gasteiger partial charge is 0.394 e. The molecular weight excluding hydrogens is 254 g/mol. The minimum absolute atomic E-state index is 0.0549. The Morgan fingerprint density at radius 3 is 2.75 bits per heavy atom. The number of aryl methyl sites for hydroxylation is 1. The monoisotopic (exact) mass is 275 g/mol. The van der Waals surface area contributed by atoms with Crippen LogP contribution in [0.1, 0.15) is 20.3 Å². The predicted octanol–water partition coefficient (Wildman–Crippen LogP) is 2.55. The summed E-state index contributed by atoms with van der Waals surface area (Å²) in [5.41, 5.74) is 1.88. The van der Waals surface area contributed by atoms with E-state index in [0.29, 0.717) is 6.42 Å². The standard InChI is InChI=1S/C15H21N3O2/c1-3-11(10-19)16-15(20)17-13-9-18(4-2)14-8-6-5-7-12(13)14/h5-9,11,19H,3-4,10H2,1-2H3,(H2,16,17,20). The third-order valence-corrected chi connectivity index (χ3v) is 3.43. The molecule has 2 amide bonds. The zero-order chi connectivity index (χ0) is 14.5. The van der Waals surface area contributed by atoms with E-state index in [2.05, 4.69) is 22.1 Å². The highest BCUT2D eigenvalue weighted by molar-refractivity contribution is 6.01. The van der Waals surface area contributed by atoms with E-state index in [0.717, 1.165) is 23.1 Å². The van der Waals surface area contributed by atoms with E-state index in [9.17, 15) is 4.79 Å². The van der Waals surface area contributed by atoms with Crippen molar-refractivity contribution < 1.29 is 9.90 Å².